The summed E-state index contributed by atoms with van der Waals surface area (Å²) in [5.74, 6) is 1.68. The summed E-state index contributed by atoms with van der Waals surface area (Å²) in [7, 11) is 0. The summed E-state index contributed by atoms with van der Waals surface area (Å²) in [5.41, 5.74) is 8.02. The molecule has 3 unspecified atom stereocenters. The van der Waals surface area contributed by atoms with Gasteiger partial charge < -0.3 is 49.3 Å². The average molecular weight is 822 g/mol. The number of alkyl halides is 1. The maximum atomic E-state index is 9.73. The second-order valence-electron chi connectivity index (χ2n) is 13.7. The van der Waals surface area contributed by atoms with Crippen LogP contribution in [0.4, 0.5) is 5.82 Å². The Morgan fingerprint density at radius 1 is 0.821 bits per heavy atom. The number of aromatic nitrogens is 9. The van der Waals surface area contributed by atoms with Crippen LogP contribution in [0, 0.1) is 11.8 Å². The standard InChI is InChI=1S/C13H17N3O.C11H14N4O3.C7H13ClO.C6H3ClN3.CH4.Na/c1-3-11-9(2)6-12(17-11)16-5-4-10-7-14-8-15-13(10)16;12-10-6-1-2-15(11(6)14-5-13-10)9-3-7(17)8(4-16)18-9;1-3-6-5(2)4-7(8)9-6;7-5-4-1-2-8-6(4)10-3-9-5;;/h4-5,7-9,11-12H,3,6H2,1-2H3;1-2,5,7-9,16-17H,3-4H2,(H2,12,13,14);5-7H,3-4H2,1-2H3;1-3H;1H4;/q;;;-1;;+1/t9?,11-,12-;7?,8-,9-;5?,6-,7+;;;/m000.../s1. The number of ether oxygens (including phenoxy) is 3. The monoisotopic (exact) mass is 820 g/mol. The molecule has 0 bridgehead atoms. The SMILES string of the molecule is C.CC[C@@H]1O[C@@H](Cl)CC1C.CC[C@@H]1O[C@H](n2ccc3cncnc32)CC1C.Clc1ncnc2[n-]ccc12.Nc1ncnc2c1ccn2[C@@H]1CC(O)[C@H](CO)O1.[Na+]. The predicted molar refractivity (Wildman–Crippen MR) is 212 cm³/mol. The Morgan fingerprint density at radius 3 is 2.11 bits per heavy atom. The van der Waals surface area contributed by atoms with Gasteiger partial charge in [-0.2, -0.15) is 0 Å². The Balaban J connectivity index is 0.000000170. The molecule has 6 aromatic rings. The minimum atomic E-state index is -0.670. The van der Waals surface area contributed by atoms with E-state index in [9.17, 15) is 5.11 Å². The molecule has 3 aliphatic heterocycles. The maximum absolute atomic E-state index is 9.73. The van der Waals surface area contributed by atoms with Crippen molar-refractivity contribution in [2.75, 3.05) is 12.3 Å². The molecular weight excluding hydrogens is 770 g/mol. The minimum Gasteiger partial charge on any atom is -0.442 e. The zero-order chi connectivity index (χ0) is 38.4. The molecule has 3 aliphatic rings. The third kappa shape index (κ3) is 10.6. The first-order valence-corrected chi connectivity index (χ1v) is 19.0. The van der Waals surface area contributed by atoms with E-state index in [-0.39, 0.29) is 61.6 Å². The molecule has 0 saturated carbocycles. The van der Waals surface area contributed by atoms with Crippen molar-refractivity contribution in [2.24, 2.45) is 11.8 Å². The van der Waals surface area contributed by atoms with Gasteiger partial charge in [-0.1, -0.05) is 70.6 Å². The normalized spacial score (nSPS) is 26.7. The van der Waals surface area contributed by atoms with Crippen LogP contribution in [0.3, 0.4) is 0 Å². The largest absolute Gasteiger partial charge is 1.00 e. The summed E-state index contributed by atoms with van der Waals surface area (Å²) in [5, 5.41) is 21.9. The van der Waals surface area contributed by atoms with Gasteiger partial charge in [0.25, 0.3) is 0 Å². The van der Waals surface area contributed by atoms with E-state index in [1.165, 1.54) is 12.7 Å². The molecule has 0 aromatic carbocycles. The van der Waals surface area contributed by atoms with Crippen LogP contribution in [0.2, 0.25) is 5.15 Å². The molecule has 9 atom stereocenters. The molecule has 9 rings (SSSR count). The van der Waals surface area contributed by atoms with E-state index in [1.54, 1.807) is 29.4 Å². The number of hydrogen-bond acceptors (Lipinski definition) is 12. The van der Waals surface area contributed by atoms with Gasteiger partial charge in [0.2, 0.25) is 0 Å². The Hall–Kier alpha value is -2.96. The molecule has 4 N–H and O–H groups in total. The van der Waals surface area contributed by atoms with Crippen LogP contribution in [-0.2, 0) is 14.2 Å². The third-order valence-corrected chi connectivity index (χ3v) is 10.6. The zero-order valence-corrected chi connectivity index (χ0v) is 35.2. The van der Waals surface area contributed by atoms with Gasteiger partial charge in [-0.05, 0) is 55.3 Å². The number of nitrogens with zero attached hydrogens (tertiary/aromatic N) is 9. The topological polar surface area (TPSA) is 195 Å². The minimum absolute atomic E-state index is 0. The maximum Gasteiger partial charge on any atom is 1.00 e. The van der Waals surface area contributed by atoms with Crippen molar-refractivity contribution >= 4 is 62.1 Å². The fraction of sp³-hybridized carbons (Fsp3) is 0.526. The number of rotatable bonds is 5. The van der Waals surface area contributed by atoms with Crippen LogP contribution in [0.15, 0.2) is 62.0 Å². The number of nitrogens with two attached hydrogens (primary N) is 1. The van der Waals surface area contributed by atoms with Crippen LogP contribution in [0.5, 0.6) is 0 Å². The Bertz CT molecular complexity index is 2100. The van der Waals surface area contributed by atoms with Crippen LogP contribution in [0.25, 0.3) is 33.1 Å². The fourth-order valence-corrected chi connectivity index (χ4v) is 7.66. The van der Waals surface area contributed by atoms with Crippen LogP contribution in [-0.4, -0.2) is 85.8 Å². The van der Waals surface area contributed by atoms with Gasteiger partial charge in [-0.25, -0.2) is 24.9 Å². The van der Waals surface area contributed by atoms with Crippen LogP contribution in [0.1, 0.15) is 79.7 Å². The van der Waals surface area contributed by atoms with Crippen molar-refractivity contribution < 1.29 is 54.0 Å². The molecule has 15 nitrogen and oxygen atoms in total. The van der Waals surface area contributed by atoms with E-state index in [0.29, 0.717) is 52.7 Å². The van der Waals surface area contributed by atoms with Crippen molar-refractivity contribution in [3.63, 3.8) is 0 Å². The van der Waals surface area contributed by atoms with Crippen molar-refractivity contribution in [2.45, 2.75) is 110 Å². The molecule has 0 spiro atoms. The molecule has 18 heteroatoms. The first kappa shape index (κ1) is 45.7. The van der Waals surface area contributed by atoms with E-state index in [2.05, 4.69) is 73.3 Å². The number of aliphatic hydroxyl groups excluding tert-OH is 2. The van der Waals surface area contributed by atoms with E-state index in [0.717, 1.165) is 47.5 Å². The number of anilines is 1. The Labute approximate surface area is 359 Å². The molecule has 298 valence electrons. The van der Waals surface area contributed by atoms with Gasteiger partial charge in [-0.15, -0.1) is 0 Å². The van der Waals surface area contributed by atoms with E-state index in [4.69, 9.17) is 48.3 Å². The van der Waals surface area contributed by atoms with E-state index >= 15 is 0 Å². The number of halogens is 2. The summed E-state index contributed by atoms with van der Waals surface area (Å²) >= 11 is 11.5. The van der Waals surface area contributed by atoms with Gasteiger partial charge in [0.1, 0.15) is 59.0 Å². The predicted octanol–water partition coefficient (Wildman–Crippen LogP) is 3.69. The second kappa shape index (κ2) is 21.2. The number of fused-ring (bicyclic) bond motifs is 3. The molecular formula is C38H51Cl2N10NaO5. The zero-order valence-electron chi connectivity index (χ0n) is 31.7. The van der Waals surface area contributed by atoms with Crippen molar-refractivity contribution in [3.05, 3.63) is 67.1 Å². The quantitative estimate of drug-likeness (QED) is 0.130. The molecule has 9 heterocycles. The van der Waals surface area contributed by atoms with Gasteiger partial charge in [0.05, 0.1) is 30.3 Å². The van der Waals surface area contributed by atoms with Crippen molar-refractivity contribution in [1.29, 1.82) is 0 Å². The fourth-order valence-electron chi connectivity index (χ4n) is 7.06. The second-order valence-corrected chi connectivity index (χ2v) is 14.5. The first-order chi connectivity index (χ1) is 26.1. The summed E-state index contributed by atoms with van der Waals surface area (Å²) in [6.45, 7) is 8.56. The Kier molecular flexibility index (Phi) is 17.3. The van der Waals surface area contributed by atoms with E-state index in [1.807, 2.05) is 18.3 Å². The molecule has 0 aliphatic carbocycles. The number of nitrogen functional groups attached to an aromatic ring is 1. The number of aliphatic hydroxyl groups is 2. The number of hydrogen-bond donors (Lipinski definition) is 3. The molecule has 6 aromatic heterocycles. The third-order valence-electron chi connectivity index (χ3n) is 10.0. The smallest absolute Gasteiger partial charge is 0.442 e. The first-order valence-electron chi connectivity index (χ1n) is 18.2. The van der Waals surface area contributed by atoms with Crippen molar-refractivity contribution in [1.82, 2.24) is 44.0 Å². The molecule has 0 radical (unpaired) electrons. The molecule has 3 saturated heterocycles. The van der Waals surface area contributed by atoms with Gasteiger partial charge in [0.15, 0.2) is 0 Å². The van der Waals surface area contributed by atoms with Crippen LogP contribution >= 0.6 is 23.2 Å². The summed E-state index contributed by atoms with van der Waals surface area (Å²) < 4.78 is 21.0. The van der Waals surface area contributed by atoms with E-state index < -0.39 is 12.2 Å². The van der Waals surface area contributed by atoms with Crippen molar-refractivity contribution in [3.8, 4) is 0 Å². The average Bonchev–Trinajstić information content (AvgIpc) is 4.03. The molecule has 0 amide bonds. The van der Waals surface area contributed by atoms with Gasteiger partial charge in [0, 0.05) is 42.1 Å². The summed E-state index contributed by atoms with van der Waals surface area (Å²) in [6, 6.07) is 5.65. The summed E-state index contributed by atoms with van der Waals surface area (Å²) in [4.78, 5) is 28.1. The molecule has 3 fully saturated rings. The summed E-state index contributed by atoms with van der Waals surface area (Å²) in [6.07, 6.45) is 15.7. The van der Waals surface area contributed by atoms with Crippen LogP contribution < -0.4 is 40.3 Å². The van der Waals surface area contributed by atoms with Gasteiger partial charge in [-0.3, -0.25) is 0 Å². The molecule has 56 heavy (non-hydrogen) atoms. The van der Waals surface area contributed by atoms with Gasteiger partial charge >= 0.3 is 29.6 Å². The Morgan fingerprint density at radius 2 is 1.46 bits per heavy atom.